The Morgan fingerprint density at radius 1 is 0.850 bits per heavy atom. The standard InChI is InChI=1S/C18H23NO/c1-13(2)15-8-10-17(11-9-15)20-18-7-5-6-16(12-18)14(3)19-4/h5-14,19H,1-4H3. The number of hydrogen-bond donors (Lipinski definition) is 1. The van der Waals surface area contributed by atoms with Crippen LogP contribution in [0, 0.1) is 0 Å². The van der Waals surface area contributed by atoms with Crippen LogP contribution in [0.5, 0.6) is 11.5 Å². The zero-order valence-corrected chi connectivity index (χ0v) is 12.7. The van der Waals surface area contributed by atoms with Crippen LogP contribution >= 0.6 is 0 Å². The smallest absolute Gasteiger partial charge is 0.127 e. The maximum Gasteiger partial charge on any atom is 0.127 e. The third-order valence-electron chi connectivity index (χ3n) is 3.57. The number of ether oxygens (including phenoxy) is 1. The summed E-state index contributed by atoms with van der Waals surface area (Å²) in [6.45, 7) is 6.52. The average Bonchev–Trinajstić information content (AvgIpc) is 2.47. The lowest BCUT2D eigenvalue weighted by molar-refractivity contribution is 0.480. The maximum atomic E-state index is 5.92. The van der Waals surface area contributed by atoms with Crippen molar-refractivity contribution in [3.05, 3.63) is 59.7 Å². The van der Waals surface area contributed by atoms with Gasteiger partial charge in [0.1, 0.15) is 11.5 Å². The molecule has 106 valence electrons. The van der Waals surface area contributed by atoms with E-state index in [1.54, 1.807) is 0 Å². The number of benzene rings is 2. The first-order chi connectivity index (χ1) is 9.60. The van der Waals surface area contributed by atoms with Gasteiger partial charge in [0, 0.05) is 6.04 Å². The van der Waals surface area contributed by atoms with Crippen LogP contribution in [0.1, 0.15) is 43.9 Å². The normalized spacial score (nSPS) is 12.4. The molecule has 0 radical (unpaired) electrons. The van der Waals surface area contributed by atoms with Crippen molar-refractivity contribution in [3.8, 4) is 11.5 Å². The van der Waals surface area contributed by atoms with E-state index in [1.807, 2.05) is 31.3 Å². The summed E-state index contributed by atoms with van der Waals surface area (Å²) in [6.07, 6.45) is 0. The molecule has 0 bridgehead atoms. The fraction of sp³-hybridized carbons (Fsp3) is 0.333. The van der Waals surface area contributed by atoms with Crippen LogP contribution in [0.15, 0.2) is 48.5 Å². The monoisotopic (exact) mass is 269 g/mol. The Balaban J connectivity index is 2.13. The number of hydrogen-bond acceptors (Lipinski definition) is 2. The Hall–Kier alpha value is -1.80. The lowest BCUT2D eigenvalue weighted by atomic mass is 10.0. The molecule has 20 heavy (non-hydrogen) atoms. The van der Waals surface area contributed by atoms with Gasteiger partial charge in [0.15, 0.2) is 0 Å². The van der Waals surface area contributed by atoms with Gasteiger partial charge in [0.05, 0.1) is 0 Å². The highest BCUT2D eigenvalue weighted by molar-refractivity contribution is 5.36. The van der Waals surface area contributed by atoms with Crippen molar-refractivity contribution in [2.45, 2.75) is 32.7 Å². The Bertz CT molecular complexity index is 546. The molecular weight excluding hydrogens is 246 g/mol. The molecule has 0 aromatic heterocycles. The van der Waals surface area contributed by atoms with E-state index < -0.39 is 0 Å². The van der Waals surface area contributed by atoms with Gasteiger partial charge in [-0.05, 0) is 55.3 Å². The van der Waals surface area contributed by atoms with Crippen molar-refractivity contribution in [1.82, 2.24) is 5.32 Å². The second-order valence-electron chi connectivity index (χ2n) is 5.41. The predicted molar refractivity (Wildman–Crippen MR) is 84.5 cm³/mol. The van der Waals surface area contributed by atoms with Crippen LogP contribution in [0.2, 0.25) is 0 Å². The summed E-state index contributed by atoms with van der Waals surface area (Å²) >= 11 is 0. The molecule has 0 heterocycles. The summed E-state index contributed by atoms with van der Waals surface area (Å²) in [7, 11) is 1.96. The topological polar surface area (TPSA) is 21.3 Å². The van der Waals surface area contributed by atoms with E-state index in [-0.39, 0.29) is 0 Å². The Morgan fingerprint density at radius 3 is 2.15 bits per heavy atom. The summed E-state index contributed by atoms with van der Waals surface area (Å²) in [4.78, 5) is 0. The lowest BCUT2D eigenvalue weighted by Gasteiger charge is -2.13. The first kappa shape index (κ1) is 14.6. The largest absolute Gasteiger partial charge is 0.457 e. The van der Waals surface area contributed by atoms with Crippen LogP contribution < -0.4 is 10.1 Å². The SMILES string of the molecule is CNC(C)c1cccc(Oc2ccc(C(C)C)cc2)c1. The molecule has 1 atom stereocenters. The van der Waals surface area contributed by atoms with Gasteiger partial charge in [-0.2, -0.15) is 0 Å². The van der Waals surface area contributed by atoms with E-state index in [1.165, 1.54) is 11.1 Å². The van der Waals surface area contributed by atoms with E-state index in [0.717, 1.165) is 11.5 Å². The van der Waals surface area contributed by atoms with E-state index >= 15 is 0 Å². The van der Waals surface area contributed by atoms with Crippen molar-refractivity contribution >= 4 is 0 Å². The summed E-state index contributed by atoms with van der Waals surface area (Å²) in [5.41, 5.74) is 2.55. The van der Waals surface area contributed by atoms with Gasteiger partial charge < -0.3 is 10.1 Å². The molecule has 0 saturated carbocycles. The van der Waals surface area contributed by atoms with Gasteiger partial charge in [0.2, 0.25) is 0 Å². The predicted octanol–water partition coefficient (Wildman–Crippen LogP) is 4.88. The van der Waals surface area contributed by atoms with Gasteiger partial charge >= 0.3 is 0 Å². The highest BCUT2D eigenvalue weighted by Crippen LogP contribution is 2.26. The Morgan fingerprint density at radius 2 is 1.55 bits per heavy atom. The third-order valence-corrected chi connectivity index (χ3v) is 3.57. The quantitative estimate of drug-likeness (QED) is 0.835. The molecule has 1 unspecified atom stereocenters. The summed E-state index contributed by atoms with van der Waals surface area (Å²) in [5, 5.41) is 3.24. The molecule has 2 nitrogen and oxygen atoms in total. The number of nitrogens with one attached hydrogen (secondary N) is 1. The molecule has 0 fully saturated rings. The van der Waals surface area contributed by atoms with E-state index in [4.69, 9.17) is 4.74 Å². The molecule has 2 aromatic carbocycles. The molecule has 2 heteroatoms. The zero-order chi connectivity index (χ0) is 14.5. The van der Waals surface area contributed by atoms with Crippen LogP contribution in [-0.4, -0.2) is 7.05 Å². The maximum absolute atomic E-state index is 5.92. The van der Waals surface area contributed by atoms with E-state index in [0.29, 0.717) is 12.0 Å². The minimum Gasteiger partial charge on any atom is -0.457 e. The first-order valence-electron chi connectivity index (χ1n) is 7.15. The van der Waals surface area contributed by atoms with Crippen molar-refractivity contribution in [2.75, 3.05) is 7.05 Å². The molecule has 2 aromatic rings. The highest BCUT2D eigenvalue weighted by atomic mass is 16.5. The second-order valence-corrected chi connectivity index (χ2v) is 5.41. The number of rotatable bonds is 5. The summed E-state index contributed by atoms with van der Waals surface area (Å²) in [6, 6.07) is 16.8. The van der Waals surface area contributed by atoms with Crippen LogP contribution in [0.4, 0.5) is 0 Å². The molecular formula is C18H23NO. The van der Waals surface area contributed by atoms with Crippen molar-refractivity contribution in [2.24, 2.45) is 0 Å². The van der Waals surface area contributed by atoms with Gasteiger partial charge in [-0.25, -0.2) is 0 Å². The molecule has 0 saturated heterocycles. The molecule has 2 rings (SSSR count). The zero-order valence-electron chi connectivity index (χ0n) is 12.7. The lowest BCUT2D eigenvalue weighted by Crippen LogP contribution is -2.11. The molecule has 0 aliphatic rings. The fourth-order valence-corrected chi connectivity index (χ4v) is 2.07. The molecule has 0 spiro atoms. The van der Waals surface area contributed by atoms with Crippen LogP contribution in [0.3, 0.4) is 0 Å². The fourth-order valence-electron chi connectivity index (χ4n) is 2.07. The van der Waals surface area contributed by atoms with Crippen LogP contribution in [0.25, 0.3) is 0 Å². The molecule has 0 amide bonds. The van der Waals surface area contributed by atoms with Crippen LogP contribution in [-0.2, 0) is 0 Å². The molecule has 0 aliphatic carbocycles. The van der Waals surface area contributed by atoms with Gasteiger partial charge in [-0.3, -0.25) is 0 Å². The molecule has 0 aliphatic heterocycles. The van der Waals surface area contributed by atoms with Crippen molar-refractivity contribution < 1.29 is 4.74 Å². The van der Waals surface area contributed by atoms with E-state index in [9.17, 15) is 0 Å². The van der Waals surface area contributed by atoms with Gasteiger partial charge in [0.25, 0.3) is 0 Å². The summed E-state index contributed by atoms with van der Waals surface area (Å²) in [5.74, 6) is 2.30. The van der Waals surface area contributed by atoms with Crippen molar-refractivity contribution in [3.63, 3.8) is 0 Å². The summed E-state index contributed by atoms with van der Waals surface area (Å²) < 4.78 is 5.92. The van der Waals surface area contributed by atoms with E-state index in [2.05, 4.69) is 50.4 Å². The van der Waals surface area contributed by atoms with Crippen molar-refractivity contribution in [1.29, 1.82) is 0 Å². The Labute approximate surface area is 121 Å². The minimum absolute atomic E-state index is 0.321. The average molecular weight is 269 g/mol. The molecule has 1 N–H and O–H groups in total. The van der Waals surface area contributed by atoms with Gasteiger partial charge in [-0.15, -0.1) is 0 Å². The van der Waals surface area contributed by atoms with Gasteiger partial charge in [-0.1, -0.05) is 38.1 Å². The minimum atomic E-state index is 0.321. The Kier molecular flexibility index (Phi) is 4.80. The highest BCUT2D eigenvalue weighted by Gasteiger charge is 2.05. The second kappa shape index (κ2) is 6.58. The third kappa shape index (κ3) is 3.61. The first-order valence-corrected chi connectivity index (χ1v) is 7.15.